The fourth-order valence-corrected chi connectivity index (χ4v) is 5.14. The minimum absolute atomic E-state index is 0.275. The summed E-state index contributed by atoms with van der Waals surface area (Å²) in [5, 5.41) is 7.97. The highest BCUT2D eigenvalue weighted by atomic mass is 32.2. The molecule has 1 atom stereocenters. The van der Waals surface area contributed by atoms with Crippen LogP contribution in [-0.4, -0.2) is 36.2 Å². The Hall–Kier alpha value is -0.880. The second-order valence-electron chi connectivity index (χ2n) is 6.13. The molecule has 0 amide bonds. The van der Waals surface area contributed by atoms with Gasteiger partial charge < -0.3 is 5.32 Å². The molecule has 3 rings (SSSR count). The smallest absolute Gasteiger partial charge is 0.150 e. The molecule has 1 saturated heterocycles. The number of nitrogens with zero attached hydrogens (tertiary/aromatic N) is 2. The van der Waals surface area contributed by atoms with Crippen molar-refractivity contribution in [2.24, 2.45) is 5.92 Å². The third-order valence-electron chi connectivity index (χ3n) is 4.43. The van der Waals surface area contributed by atoms with Crippen molar-refractivity contribution in [3.05, 3.63) is 18.0 Å². The van der Waals surface area contributed by atoms with E-state index in [9.17, 15) is 8.42 Å². The van der Waals surface area contributed by atoms with Gasteiger partial charge in [0.25, 0.3) is 0 Å². The quantitative estimate of drug-likeness (QED) is 0.895. The van der Waals surface area contributed by atoms with Crippen LogP contribution < -0.4 is 5.32 Å². The molecule has 20 heavy (non-hydrogen) atoms. The van der Waals surface area contributed by atoms with Gasteiger partial charge in [0.15, 0.2) is 9.84 Å². The van der Waals surface area contributed by atoms with Gasteiger partial charge in [-0.25, -0.2) is 8.42 Å². The van der Waals surface area contributed by atoms with Crippen molar-refractivity contribution in [1.29, 1.82) is 0 Å². The zero-order chi connectivity index (χ0) is 14.0. The maximum Gasteiger partial charge on any atom is 0.150 e. The fraction of sp³-hybridized carbons (Fsp3) is 0.786. The summed E-state index contributed by atoms with van der Waals surface area (Å²) in [7, 11) is -2.76. The van der Waals surface area contributed by atoms with E-state index in [4.69, 9.17) is 0 Å². The van der Waals surface area contributed by atoms with Gasteiger partial charge in [-0.05, 0) is 37.8 Å². The molecule has 1 aromatic rings. The Bertz CT molecular complexity index is 547. The molecule has 1 aromatic heterocycles. The Morgan fingerprint density at radius 1 is 1.30 bits per heavy atom. The summed E-state index contributed by atoms with van der Waals surface area (Å²) in [4.78, 5) is 0. The van der Waals surface area contributed by atoms with E-state index < -0.39 is 9.84 Å². The van der Waals surface area contributed by atoms with Gasteiger partial charge in [-0.3, -0.25) is 4.68 Å². The average Bonchev–Trinajstić information content (AvgIpc) is 3.09. The third-order valence-corrected chi connectivity index (χ3v) is 6.27. The Kier molecular flexibility index (Phi) is 4.12. The molecule has 0 spiro atoms. The second-order valence-corrected chi connectivity index (χ2v) is 8.35. The van der Waals surface area contributed by atoms with Crippen LogP contribution in [0.1, 0.15) is 43.8 Å². The third kappa shape index (κ3) is 3.41. The van der Waals surface area contributed by atoms with Crippen LogP contribution in [0.5, 0.6) is 0 Å². The lowest BCUT2D eigenvalue weighted by atomic mass is 10.1. The van der Waals surface area contributed by atoms with E-state index in [1.807, 2.05) is 0 Å². The molecule has 1 aliphatic heterocycles. The van der Waals surface area contributed by atoms with Crippen molar-refractivity contribution in [3.63, 3.8) is 0 Å². The predicted octanol–water partition coefficient (Wildman–Crippen LogP) is 1.52. The molecule has 2 heterocycles. The first-order valence-corrected chi connectivity index (χ1v) is 9.40. The van der Waals surface area contributed by atoms with Gasteiger partial charge in [0.1, 0.15) is 0 Å². The standard InChI is InChI=1S/C14H23N3O2S/c18-20(19)8-6-12(11-20)9-15-10-13-5-7-17(16-13)14-3-1-2-4-14/h5,7,12,14-15H,1-4,6,8-11H2. The van der Waals surface area contributed by atoms with Gasteiger partial charge >= 0.3 is 0 Å². The van der Waals surface area contributed by atoms with Crippen LogP contribution in [0.25, 0.3) is 0 Å². The van der Waals surface area contributed by atoms with E-state index >= 15 is 0 Å². The van der Waals surface area contributed by atoms with E-state index in [1.54, 1.807) is 0 Å². The molecule has 0 radical (unpaired) electrons. The molecule has 0 bridgehead atoms. The molecule has 1 unspecified atom stereocenters. The van der Waals surface area contributed by atoms with Gasteiger partial charge in [-0.1, -0.05) is 12.8 Å². The fourth-order valence-electron chi connectivity index (χ4n) is 3.28. The normalized spacial score (nSPS) is 26.3. The van der Waals surface area contributed by atoms with E-state index in [0.29, 0.717) is 17.5 Å². The van der Waals surface area contributed by atoms with Gasteiger partial charge in [0.05, 0.1) is 23.2 Å². The van der Waals surface area contributed by atoms with Crippen LogP contribution in [-0.2, 0) is 16.4 Å². The number of sulfone groups is 1. The minimum atomic E-state index is -2.76. The van der Waals surface area contributed by atoms with Gasteiger partial charge in [0, 0.05) is 12.7 Å². The first-order chi connectivity index (χ1) is 9.62. The first-order valence-electron chi connectivity index (χ1n) is 7.57. The Labute approximate surface area is 120 Å². The largest absolute Gasteiger partial charge is 0.311 e. The molecular weight excluding hydrogens is 274 g/mol. The molecular formula is C14H23N3O2S. The number of nitrogens with one attached hydrogen (secondary N) is 1. The van der Waals surface area contributed by atoms with Crippen LogP contribution in [0.3, 0.4) is 0 Å². The average molecular weight is 297 g/mol. The second kappa shape index (κ2) is 5.85. The molecule has 1 saturated carbocycles. The maximum atomic E-state index is 11.4. The lowest BCUT2D eigenvalue weighted by Gasteiger charge is -2.10. The summed E-state index contributed by atoms with van der Waals surface area (Å²) in [6.07, 6.45) is 7.99. The summed E-state index contributed by atoms with van der Waals surface area (Å²) in [6.45, 7) is 1.51. The summed E-state index contributed by atoms with van der Waals surface area (Å²) in [5.41, 5.74) is 1.05. The van der Waals surface area contributed by atoms with Crippen molar-refractivity contribution in [1.82, 2.24) is 15.1 Å². The molecule has 2 fully saturated rings. The predicted molar refractivity (Wildman–Crippen MR) is 78.2 cm³/mol. The summed E-state index contributed by atoms with van der Waals surface area (Å²) in [5.74, 6) is 0.975. The molecule has 1 aliphatic carbocycles. The lowest BCUT2D eigenvalue weighted by molar-refractivity contribution is 0.457. The number of rotatable bonds is 5. The monoisotopic (exact) mass is 297 g/mol. The van der Waals surface area contributed by atoms with Crippen molar-refractivity contribution in [3.8, 4) is 0 Å². The molecule has 112 valence electrons. The lowest BCUT2D eigenvalue weighted by Crippen LogP contribution is -2.23. The molecule has 1 N–H and O–H groups in total. The van der Waals surface area contributed by atoms with Gasteiger partial charge in [-0.2, -0.15) is 5.10 Å². The summed E-state index contributed by atoms with van der Waals surface area (Å²) >= 11 is 0. The highest BCUT2D eigenvalue weighted by Gasteiger charge is 2.27. The van der Waals surface area contributed by atoms with E-state index in [0.717, 1.165) is 25.2 Å². The van der Waals surface area contributed by atoms with Gasteiger partial charge in [-0.15, -0.1) is 0 Å². The summed E-state index contributed by atoms with van der Waals surface area (Å²) in [6, 6.07) is 2.65. The highest BCUT2D eigenvalue weighted by molar-refractivity contribution is 7.91. The maximum absolute atomic E-state index is 11.4. The van der Waals surface area contributed by atoms with Crippen LogP contribution >= 0.6 is 0 Å². The Morgan fingerprint density at radius 2 is 2.10 bits per heavy atom. The van der Waals surface area contributed by atoms with E-state index in [-0.39, 0.29) is 5.92 Å². The van der Waals surface area contributed by atoms with Crippen molar-refractivity contribution >= 4 is 9.84 Å². The summed E-state index contributed by atoms with van der Waals surface area (Å²) < 4.78 is 24.9. The van der Waals surface area contributed by atoms with Crippen LogP contribution in [0.4, 0.5) is 0 Å². The molecule has 0 aromatic carbocycles. The van der Waals surface area contributed by atoms with Crippen LogP contribution in [0, 0.1) is 5.92 Å². The van der Waals surface area contributed by atoms with Crippen molar-refractivity contribution < 1.29 is 8.42 Å². The molecule has 5 nitrogen and oxygen atoms in total. The van der Waals surface area contributed by atoms with E-state index in [1.165, 1.54) is 25.7 Å². The first kappa shape index (κ1) is 14.1. The van der Waals surface area contributed by atoms with Crippen LogP contribution in [0.2, 0.25) is 0 Å². The number of aromatic nitrogens is 2. The SMILES string of the molecule is O=S1(=O)CCC(CNCc2ccn(C3CCCC3)n2)C1. The zero-order valence-electron chi connectivity index (χ0n) is 11.8. The van der Waals surface area contributed by atoms with Crippen LogP contribution in [0.15, 0.2) is 12.3 Å². The Morgan fingerprint density at radius 3 is 2.80 bits per heavy atom. The van der Waals surface area contributed by atoms with Crippen molar-refractivity contribution in [2.45, 2.75) is 44.7 Å². The van der Waals surface area contributed by atoms with Crippen molar-refractivity contribution in [2.75, 3.05) is 18.1 Å². The zero-order valence-corrected chi connectivity index (χ0v) is 12.6. The minimum Gasteiger partial charge on any atom is -0.311 e. The molecule has 6 heteroatoms. The molecule has 2 aliphatic rings. The Balaban J connectivity index is 1.45. The van der Waals surface area contributed by atoms with E-state index in [2.05, 4.69) is 27.4 Å². The highest BCUT2D eigenvalue weighted by Crippen LogP contribution is 2.28. The topological polar surface area (TPSA) is 64.0 Å². The number of hydrogen-bond acceptors (Lipinski definition) is 4. The number of hydrogen-bond donors (Lipinski definition) is 1. The van der Waals surface area contributed by atoms with Gasteiger partial charge in [0.2, 0.25) is 0 Å².